The Balaban J connectivity index is 2.84. The first kappa shape index (κ1) is 15.7. The molecule has 0 unspecified atom stereocenters. The third-order valence-corrected chi connectivity index (χ3v) is 4.68. The van der Waals surface area contributed by atoms with E-state index in [0.717, 1.165) is 22.7 Å². The molecule has 0 amide bonds. The van der Waals surface area contributed by atoms with Crippen molar-refractivity contribution < 1.29 is 18.3 Å². The van der Waals surface area contributed by atoms with Crippen molar-refractivity contribution in [2.75, 3.05) is 13.6 Å². The normalized spacial score (nSPS) is 11.7. The van der Waals surface area contributed by atoms with E-state index in [1.807, 2.05) is 0 Å². The van der Waals surface area contributed by atoms with Crippen LogP contribution in [-0.4, -0.2) is 37.4 Å². The van der Waals surface area contributed by atoms with Crippen LogP contribution in [0.2, 0.25) is 0 Å². The SMILES string of the molecule is CCCc1ccc(S(=O)(=O)N(C)CCC(=O)O)cc1. The van der Waals surface area contributed by atoms with Crippen molar-refractivity contribution in [1.82, 2.24) is 4.31 Å². The highest BCUT2D eigenvalue weighted by Crippen LogP contribution is 2.16. The second-order valence-electron chi connectivity index (χ2n) is 4.36. The largest absolute Gasteiger partial charge is 0.481 e. The highest BCUT2D eigenvalue weighted by Gasteiger charge is 2.20. The van der Waals surface area contributed by atoms with Gasteiger partial charge in [-0.15, -0.1) is 0 Å². The molecule has 0 bridgehead atoms. The fourth-order valence-electron chi connectivity index (χ4n) is 1.67. The lowest BCUT2D eigenvalue weighted by molar-refractivity contribution is -0.137. The van der Waals surface area contributed by atoms with E-state index >= 15 is 0 Å². The summed E-state index contributed by atoms with van der Waals surface area (Å²) in [5.41, 5.74) is 1.09. The highest BCUT2D eigenvalue weighted by molar-refractivity contribution is 7.89. The fraction of sp³-hybridized carbons (Fsp3) is 0.462. The number of nitrogens with zero attached hydrogens (tertiary/aromatic N) is 1. The second-order valence-corrected chi connectivity index (χ2v) is 6.41. The van der Waals surface area contributed by atoms with Gasteiger partial charge >= 0.3 is 5.97 Å². The maximum Gasteiger partial charge on any atom is 0.304 e. The van der Waals surface area contributed by atoms with E-state index in [-0.39, 0.29) is 17.9 Å². The van der Waals surface area contributed by atoms with Gasteiger partial charge in [-0.05, 0) is 24.1 Å². The number of carboxylic acid groups (broad SMARTS) is 1. The molecule has 5 nitrogen and oxygen atoms in total. The van der Waals surface area contributed by atoms with Gasteiger partial charge in [0.15, 0.2) is 0 Å². The number of sulfonamides is 1. The molecule has 0 aliphatic carbocycles. The minimum Gasteiger partial charge on any atom is -0.481 e. The van der Waals surface area contributed by atoms with Gasteiger partial charge in [-0.25, -0.2) is 12.7 Å². The number of carboxylic acids is 1. The molecular formula is C13H19NO4S. The number of rotatable bonds is 7. The lowest BCUT2D eigenvalue weighted by atomic mass is 10.1. The predicted molar refractivity (Wildman–Crippen MR) is 72.5 cm³/mol. The van der Waals surface area contributed by atoms with Gasteiger partial charge in [-0.2, -0.15) is 0 Å². The zero-order valence-electron chi connectivity index (χ0n) is 11.2. The molecule has 0 aliphatic rings. The average molecular weight is 285 g/mol. The van der Waals surface area contributed by atoms with E-state index < -0.39 is 16.0 Å². The van der Waals surface area contributed by atoms with Gasteiger partial charge in [0.1, 0.15) is 0 Å². The van der Waals surface area contributed by atoms with Crippen molar-refractivity contribution >= 4 is 16.0 Å². The standard InChI is InChI=1S/C13H19NO4S/c1-3-4-11-5-7-12(8-6-11)19(17,18)14(2)10-9-13(15)16/h5-8H,3-4,9-10H2,1-2H3,(H,15,16). The lowest BCUT2D eigenvalue weighted by Gasteiger charge is -2.16. The first-order chi connectivity index (χ1) is 8.87. The summed E-state index contributed by atoms with van der Waals surface area (Å²) in [7, 11) is -2.21. The summed E-state index contributed by atoms with van der Waals surface area (Å²) in [5, 5.41) is 8.57. The van der Waals surface area contributed by atoms with Crippen LogP contribution in [0.5, 0.6) is 0 Å². The smallest absolute Gasteiger partial charge is 0.304 e. The Morgan fingerprint density at radius 2 is 1.84 bits per heavy atom. The van der Waals surface area contributed by atoms with Crippen molar-refractivity contribution in [3.63, 3.8) is 0 Å². The molecule has 0 aromatic heterocycles. The van der Waals surface area contributed by atoms with Crippen LogP contribution in [0.25, 0.3) is 0 Å². The molecule has 0 saturated carbocycles. The second kappa shape index (κ2) is 6.68. The molecule has 6 heteroatoms. The molecule has 0 radical (unpaired) electrons. The van der Waals surface area contributed by atoms with Crippen LogP contribution in [0.4, 0.5) is 0 Å². The van der Waals surface area contributed by atoms with Gasteiger partial charge in [0, 0.05) is 13.6 Å². The first-order valence-electron chi connectivity index (χ1n) is 6.15. The zero-order chi connectivity index (χ0) is 14.5. The summed E-state index contributed by atoms with van der Waals surface area (Å²) in [6.07, 6.45) is 1.71. The van der Waals surface area contributed by atoms with Crippen LogP contribution in [0.3, 0.4) is 0 Å². The van der Waals surface area contributed by atoms with Gasteiger partial charge in [0.05, 0.1) is 11.3 Å². The summed E-state index contributed by atoms with van der Waals surface area (Å²) in [4.78, 5) is 10.7. The Morgan fingerprint density at radius 1 is 1.26 bits per heavy atom. The number of hydrogen-bond acceptors (Lipinski definition) is 3. The number of aliphatic carboxylic acids is 1. The minimum absolute atomic E-state index is 0.0334. The van der Waals surface area contributed by atoms with Crippen LogP contribution < -0.4 is 0 Å². The van der Waals surface area contributed by atoms with E-state index in [0.29, 0.717) is 0 Å². The van der Waals surface area contributed by atoms with Crippen molar-refractivity contribution in [1.29, 1.82) is 0 Å². The molecule has 0 aliphatic heterocycles. The van der Waals surface area contributed by atoms with Crippen LogP contribution >= 0.6 is 0 Å². The van der Waals surface area contributed by atoms with Crippen molar-refractivity contribution in [2.24, 2.45) is 0 Å². The Morgan fingerprint density at radius 3 is 2.32 bits per heavy atom. The maximum absolute atomic E-state index is 12.1. The van der Waals surface area contributed by atoms with Gasteiger partial charge in [0.25, 0.3) is 0 Å². The third-order valence-electron chi connectivity index (χ3n) is 2.81. The monoisotopic (exact) mass is 285 g/mol. The molecule has 1 rings (SSSR count). The van der Waals surface area contributed by atoms with Crippen LogP contribution in [-0.2, 0) is 21.2 Å². The summed E-state index contributed by atoms with van der Waals surface area (Å²) < 4.78 is 25.4. The first-order valence-corrected chi connectivity index (χ1v) is 7.59. The quantitative estimate of drug-likeness (QED) is 0.828. The lowest BCUT2D eigenvalue weighted by Crippen LogP contribution is -2.29. The molecule has 1 aromatic carbocycles. The molecule has 0 spiro atoms. The average Bonchev–Trinajstić information content (AvgIpc) is 2.36. The highest BCUT2D eigenvalue weighted by atomic mass is 32.2. The Bertz CT molecular complexity index is 522. The van der Waals surface area contributed by atoms with Gasteiger partial charge < -0.3 is 5.11 Å². The molecular weight excluding hydrogens is 266 g/mol. The van der Waals surface area contributed by atoms with E-state index in [4.69, 9.17) is 5.11 Å². The number of hydrogen-bond donors (Lipinski definition) is 1. The van der Waals surface area contributed by atoms with Crippen molar-refractivity contribution in [2.45, 2.75) is 31.1 Å². The predicted octanol–water partition coefficient (Wildman–Crippen LogP) is 1.73. The maximum atomic E-state index is 12.1. The summed E-state index contributed by atoms with van der Waals surface area (Å²) in [6, 6.07) is 6.72. The van der Waals surface area contributed by atoms with Crippen LogP contribution in [0, 0.1) is 0 Å². The Labute approximate surface area is 113 Å². The molecule has 0 atom stereocenters. The van der Waals surface area contributed by atoms with E-state index in [1.165, 1.54) is 7.05 Å². The van der Waals surface area contributed by atoms with Crippen LogP contribution in [0.15, 0.2) is 29.2 Å². The molecule has 1 N–H and O–H groups in total. The molecule has 1 aromatic rings. The Hall–Kier alpha value is -1.40. The number of carbonyl (C=O) groups is 1. The Kier molecular flexibility index (Phi) is 5.50. The van der Waals surface area contributed by atoms with E-state index in [9.17, 15) is 13.2 Å². The molecule has 0 fully saturated rings. The van der Waals surface area contributed by atoms with Gasteiger partial charge in [-0.1, -0.05) is 25.5 Å². The van der Waals surface area contributed by atoms with Crippen molar-refractivity contribution in [3.05, 3.63) is 29.8 Å². The number of aryl methyl sites for hydroxylation is 1. The third kappa shape index (κ3) is 4.33. The van der Waals surface area contributed by atoms with E-state index in [1.54, 1.807) is 24.3 Å². The molecule has 0 saturated heterocycles. The summed E-state index contributed by atoms with van der Waals surface area (Å²) in [5.74, 6) is -1.01. The summed E-state index contributed by atoms with van der Waals surface area (Å²) in [6.45, 7) is 2.03. The molecule has 19 heavy (non-hydrogen) atoms. The zero-order valence-corrected chi connectivity index (χ0v) is 12.0. The van der Waals surface area contributed by atoms with Crippen LogP contribution in [0.1, 0.15) is 25.3 Å². The number of benzene rings is 1. The molecule has 0 heterocycles. The molecule has 106 valence electrons. The van der Waals surface area contributed by atoms with Gasteiger partial charge in [-0.3, -0.25) is 4.79 Å². The fourth-order valence-corrected chi connectivity index (χ4v) is 2.84. The van der Waals surface area contributed by atoms with Gasteiger partial charge in [0.2, 0.25) is 10.0 Å². The minimum atomic E-state index is -3.60. The van der Waals surface area contributed by atoms with E-state index in [2.05, 4.69) is 6.92 Å². The topological polar surface area (TPSA) is 74.7 Å². The van der Waals surface area contributed by atoms with Crippen molar-refractivity contribution in [3.8, 4) is 0 Å². The summed E-state index contributed by atoms with van der Waals surface area (Å²) >= 11 is 0.